The molecule has 142 valence electrons. The summed E-state index contributed by atoms with van der Waals surface area (Å²) in [6.07, 6.45) is 2.61. The van der Waals surface area contributed by atoms with Crippen molar-refractivity contribution in [3.8, 4) is 0 Å². The minimum absolute atomic E-state index is 0.0409. The molecular weight excluding hydrogens is 360 g/mol. The van der Waals surface area contributed by atoms with Crippen molar-refractivity contribution in [3.63, 3.8) is 0 Å². The molecule has 1 aromatic carbocycles. The number of amides is 2. The van der Waals surface area contributed by atoms with Crippen molar-refractivity contribution in [2.45, 2.75) is 12.5 Å². The van der Waals surface area contributed by atoms with Gasteiger partial charge in [0.2, 0.25) is 0 Å². The lowest BCUT2D eigenvalue weighted by molar-refractivity contribution is -0.139. The average Bonchev–Trinajstić information content (AvgIpc) is 3.32. The molecule has 0 aliphatic rings. The number of para-hydroxylation sites is 1. The Morgan fingerprint density at radius 3 is 2.67 bits per heavy atom. The summed E-state index contributed by atoms with van der Waals surface area (Å²) in [6, 6.07) is 10.1. The molecule has 2 amide bonds. The van der Waals surface area contributed by atoms with E-state index in [1.807, 2.05) is 60.9 Å². The van der Waals surface area contributed by atoms with Crippen molar-refractivity contribution >= 4 is 34.1 Å². The van der Waals surface area contributed by atoms with Gasteiger partial charge in [-0.2, -0.15) is 11.3 Å². The van der Waals surface area contributed by atoms with Gasteiger partial charge in [0.25, 0.3) is 0 Å². The quantitative estimate of drug-likeness (QED) is 0.547. The van der Waals surface area contributed by atoms with Crippen LogP contribution < -0.4 is 10.6 Å². The molecule has 2 aromatic heterocycles. The van der Waals surface area contributed by atoms with E-state index in [0.29, 0.717) is 19.5 Å². The van der Waals surface area contributed by atoms with Gasteiger partial charge in [0.1, 0.15) is 0 Å². The third-order valence-corrected chi connectivity index (χ3v) is 5.27. The first kappa shape index (κ1) is 19.1. The highest BCUT2D eigenvalue weighted by Crippen LogP contribution is 2.20. The summed E-state index contributed by atoms with van der Waals surface area (Å²) < 4.78 is 0. The van der Waals surface area contributed by atoms with E-state index in [1.54, 1.807) is 11.3 Å². The van der Waals surface area contributed by atoms with Gasteiger partial charge in [0.15, 0.2) is 0 Å². The van der Waals surface area contributed by atoms with E-state index in [-0.39, 0.29) is 6.04 Å². The molecule has 0 saturated carbocycles. The molecule has 0 fully saturated rings. The van der Waals surface area contributed by atoms with Crippen LogP contribution in [0.3, 0.4) is 0 Å². The molecule has 2 heterocycles. The minimum atomic E-state index is -0.601. The number of nitrogens with one attached hydrogen (secondary N) is 3. The largest absolute Gasteiger partial charge is 0.361 e. The zero-order valence-corrected chi connectivity index (χ0v) is 16.3. The monoisotopic (exact) mass is 384 g/mol. The number of carbonyl (C=O) groups excluding carboxylic acids is 2. The topological polar surface area (TPSA) is 77.2 Å². The van der Waals surface area contributed by atoms with Crippen LogP contribution in [0.4, 0.5) is 0 Å². The van der Waals surface area contributed by atoms with E-state index >= 15 is 0 Å². The summed E-state index contributed by atoms with van der Waals surface area (Å²) in [5, 5.41) is 10.6. The lowest BCUT2D eigenvalue weighted by atomic mass is 10.1. The normalized spacial score (nSPS) is 12.3. The molecule has 0 spiro atoms. The predicted molar refractivity (Wildman–Crippen MR) is 109 cm³/mol. The summed E-state index contributed by atoms with van der Waals surface area (Å²) in [4.78, 5) is 29.4. The van der Waals surface area contributed by atoms with Crippen LogP contribution in [0.25, 0.3) is 10.9 Å². The lowest BCUT2D eigenvalue weighted by Crippen LogP contribution is -2.43. The van der Waals surface area contributed by atoms with E-state index in [0.717, 1.165) is 22.0 Å². The van der Waals surface area contributed by atoms with Crippen LogP contribution in [-0.2, 0) is 16.0 Å². The number of fused-ring (bicyclic) bond motifs is 1. The Morgan fingerprint density at radius 1 is 1.15 bits per heavy atom. The highest BCUT2D eigenvalue weighted by molar-refractivity contribution is 7.08. The SMILES string of the molecule is CN(C)C(CNC(=O)C(=O)NCCc1c[nH]c2ccccc12)c1ccsc1. The van der Waals surface area contributed by atoms with Crippen LogP contribution >= 0.6 is 11.3 Å². The molecule has 0 saturated heterocycles. The highest BCUT2D eigenvalue weighted by Gasteiger charge is 2.18. The number of hydrogen-bond donors (Lipinski definition) is 3. The smallest absolute Gasteiger partial charge is 0.309 e. The van der Waals surface area contributed by atoms with Crippen LogP contribution in [0.2, 0.25) is 0 Å². The number of rotatable bonds is 7. The van der Waals surface area contributed by atoms with Crippen molar-refractivity contribution < 1.29 is 9.59 Å². The summed E-state index contributed by atoms with van der Waals surface area (Å²) in [6.45, 7) is 0.800. The molecule has 3 N–H and O–H groups in total. The first-order chi connectivity index (χ1) is 13.1. The van der Waals surface area contributed by atoms with Crippen molar-refractivity contribution in [3.05, 3.63) is 58.4 Å². The van der Waals surface area contributed by atoms with Gasteiger partial charge in [-0.3, -0.25) is 9.59 Å². The molecule has 27 heavy (non-hydrogen) atoms. The highest BCUT2D eigenvalue weighted by atomic mass is 32.1. The number of benzene rings is 1. The van der Waals surface area contributed by atoms with Gasteiger partial charge in [-0.1, -0.05) is 18.2 Å². The Bertz CT molecular complexity index is 902. The molecule has 1 atom stereocenters. The van der Waals surface area contributed by atoms with Crippen molar-refractivity contribution in [1.82, 2.24) is 20.5 Å². The molecule has 3 aromatic rings. The zero-order chi connectivity index (χ0) is 19.2. The minimum Gasteiger partial charge on any atom is -0.361 e. The van der Waals surface area contributed by atoms with Gasteiger partial charge in [-0.25, -0.2) is 0 Å². The number of thiophene rings is 1. The van der Waals surface area contributed by atoms with Crippen molar-refractivity contribution in [2.75, 3.05) is 27.2 Å². The van der Waals surface area contributed by atoms with Crippen LogP contribution in [-0.4, -0.2) is 48.9 Å². The lowest BCUT2D eigenvalue weighted by Gasteiger charge is -2.23. The molecule has 7 heteroatoms. The fourth-order valence-corrected chi connectivity index (χ4v) is 3.77. The standard InChI is InChI=1S/C20H24N4O2S/c1-24(2)18(15-8-10-27-13-15)12-23-20(26)19(25)21-9-7-14-11-22-17-6-4-3-5-16(14)17/h3-6,8,10-11,13,18,22H,7,9,12H2,1-2H3,(H,21,25)(H,23,26). The molecule has 0 bridgehead atoms. The maximum atomic E-state index is 12.1. The van der Waals surface area contributed by atoms with Gasteiger partial charge >= 0.3 is 11.8 Å². The Balaban J connectivity index is 1.47. The van der Waals surface area contributed by atoms with Gasteiger partial charge in [0.05, 0.1) is 6.04 Å². The second-order valence-electron chi connectivity index (χ2n) is 6.61. The van der Waals surface area contributed by atoms with Crippen LogP contribution in [0.15, 0.2) is 47.3 Å². The van der Waals surface area contributed by atoms with Crippen LogP contribution in [0, 0.1) is 0 Å². The average molecular weight is 385 g/mol. The molecule has 6 nitrogen and oxygen atoms in total. The van der Waals surface area contributed by atoms with Gasteiger partial charge in [0, 0.05) is 30.2 Å². The molecule has 0 aliphatic heterocycles. The van der Waals surface area contributed by atoms with E-state index in [9.17, 15) is 9.59 Å². The van der Waals surface area contributed by atoms with E-state index in [2.05, 4.69) is 21.0 Å². The molecule has 0 aliphatic carbocycles. The van der Waals surface area contributed by atoms with Crippen molar-refractivity contribution in [2.24, 2.45) is 0 Å². The number of aromatic nitrogens is 1. The van der Waals surface area contributed by atoms with Crippen LogP contribution in [0.5, 0.6) is 0 Å². The third kappa shape index (κ3) is 4.75. The van der Waals surface area contributed by atoms with Gasteiger partial charge in [-0.05, 0) is 54.5 Å². The Kier molecular flexibility index (Phi) is 6.26. The summed E-state index contributed by atoms with van der Waals surface area (Å²) in [7, 11) is 3.91. The number of aromatic amines is 1. The fraction of sp³-hybridized carbons (Fsp3) is 0.300. The van der Waals surface area contributed by atoms with Gasteiger partial charge < -0.3 is 20.5 Å². The number of likely N-dealkylation sites (N-methyl/N-ethyl adjacent to an activating group) is 1. The van der Waals surface area contributed by atoms with E-state index in [1.165, 1.54) is 0 Å². The zero-order valence-electron chi connectivity index (χ0n) is 15.5. The second-order valence-corrected chi connectivity index (χ2v) is 7.39. The number of hydrogen-bond acceptors (Lipinski definition) is 4. The summed E-state index contributed by atoms with van der Waals surface area (Å²) >= 11 is 1.62. The molecule has 0 radical (unpaired) electrons. The number of carbonyl (C=O) groups is 2. The predicted octanol–water partition coefficient (Wildman–Crippen LogP) is 2.31. The number of H-pyrrole nitrogens is 1. The summed E-state index contributed by atoms with van der Waals surface area (Å²) in [5.41, 5.74) is 3.32. The molecule has 1 unspecified atom stereocenters. The van der Waals surface area contributed by atoms with Crippen molar-refractivity contribution in [1.29, 1.82) is 0 Å². The van der Waals surface area contributed by atoms with E-state index < -0.39 is 11.8 Å². The fourth-order valence-electron chi connectivity index (χ4n) is 3.06. The first-order valence-corrected chi connectivity index (χ1v) is 9.80. The molecular formula is C20H24N4O2S. The second kappa shape index (κ2) is 8.83. The number of nitrogens with zero attached hydrogens (tertiary/aromatic N) is 1. The summed E-state index contributed by atoms with van der Waals surface area (Å²) in [5.74, 6) is -1.20. The Morgan fingerprint density at radius 2 is 1.93 bits per heavy atom. The third-order valence-electron chi connectivity index (χ3n) is 4.57. The maximum Gasteiger partial charge on any atom is 0.309 e. The molecule has 3 rings (SSSR count). The van der Waals surface area contributed by atoms with Crippen LogP contribution in [0.1, 0.15) is 17.2 Å². The first-order valence-electron chi connectivity index (χ1n) is 8.86. The van der Waals surface area contributed by atoms with Gasteiger partial charge in [-0.15, -0.1) is 0 Å². The Hall–Kier alpha value is -2.64. The Labute approximate surface area is 162 Å². The van der Waals surface area contributed by atoms with E-state index in [4.69, 9.17) is 0 Å². The maximum absolute atomic E-state index is 12.1.